The van der Waals surface area contributed by atoms with Gasteiger partial charge in [-0.1, -0.05) is 29.4 Å². The van der Waals surface area contributed by atoms with Gasteiger partial charge in [-0.25, -0.2) is 4.79 Å². The summed E-state index contributed by atoms with van der Waals surface area (Å²) < 4.78 is 4.96. The van der Waals surface area contributed by atoms with E-state index in [1.165, 1.54) is 18.2 Å². The van der Waals surface area contributed by atoms with Gasteiger partial charge in [-0.05, 0) is 18.1 Å². The van der Waals surface area contributed by atoms with Gasteiger partial charge in [-0.3, -0.25) is 9.69 Å². The molecule has 2 aromatic rings. The SMILES string of the molecule is CNC(=O)c1noc(CNC(=O)N2CCN(Cc3ccccc3C)CC2)n1. The molecular weight excluding hydrogens is 348 g/mol. The summed E-state index contributed by atoms with van der Waals surface area (Å²) in [5, 5.41) is 8.73. The molecule has 144 valence electrons. The number of carbonyl (C=O) groups is 2. The third-order valence-corrected chi connectivity index (χ3v) is 4.60. The first-order chi connectivity index (χ1) is 13.1. The number of nitrogens with one attached hydrogen (secondary N) is 2. The highest BCUT2D eigenvalue weighted by molar-refractivity contribution is 5.89. The number of aryl methyl sites for hydroxylation is 1. The smallest absolute Gasteiger partial charge is 0.317 e. The molecule has 1 aromatic carbocycles. The number of benzene rings is 1. The largest absolute Gasteiger partial charge is 0.352 e. The van der Waals surface area contributed by atoms with E-state index in [1.54, 1.807) is 4.90 Å². The van der Waals surface area contributed by atoms with Crippen LogP contribution in [0.4, 0.5) is 4.79 Å². The number of hydrogen-bond donors (Lipinski definition) is 2. The Morgan fingerprint density at radius 2 is 1.93 bits per heavy atom. The normalized spacial score (nSPS) is 14.8. The van der Waals surface area contributed by atoms with Crippen LogP contribution >= 0.6 is 0 Å². The molecule has 2 heterocycles. The topological polar surface area (TPSA) is 104 Å². The van der Waals surface area contributed by atoms with Crippen molar-refractivity contribution in [1.29, 1.82) is 0 Å². The van der Waals surface area contributed by atoms with Crippen LogP contribution in [0, 0.1) is 6.92 Å². The molecule has 3 amide bonds. The predicted molar refractivity (Wildman–Crippen MR) is 98.0 cm³/mol. The van der Waals surface area contributed by atoms with Gasteiger partial charge in [0.05, 0.1) is 6.54 Å². The molecule has 0 atom stereocenters. The molecular formula is C18H24N6O3. The van der Waals surface area contributed by atoms with Crippen LogP contribution in [0.1, 0.15) is 27.6 Å². The zero-order valence-electron chi connectivity index (χ0n) is 15.6. The van der Waals surface area contributed by atoms with Crippen LogP contribution in [0.25, 0.3) is 0 Å². The third kappa shape index (κ3) is 4.82. The fourth-order valence-corrected chi connectivity index (χ4v) is 2.93. The second-order valence-electron chi connectivity index (χ2n) is 6.44. The third-order valence-electron chi connectivity index (χ3n) is 4.60. The number of nitrogens with zero attached hydrogens (tertiary/aromatic N) is 4. The highest BCUT2D eigenvalue weighted by atomic mass is 16.5. The van der Waals surface area contributed by atoms with E-state index in [-0.39, 0.29) is 24.3 Å². The quantitative estimate of drug-likeness (QED) is 0.803. The van der Waals surface area contributed by atoms with Crippen LogP contribution in [0.3, 0.4) is 0 Å². The van der Waals surface area contributed by atoms with Crippen molar-refractivity contribution in [2.45, 2.75) is 20.0 Å². The van der Waals surface area contributed by atoms with Gasteiger partial charge < -0.3 is 20.1 Å². The molecule has 0 aliphatic carbocycles. The van der Waals surface area contributed by atoms with E-state index in [0.717, 1.165) is 19.6 Å². The van der Waals surface area contributed by atoms with Crippen molar-refractivity contribution in [3.63, 3.8) is 0 Å². The summed E-state index contributed by atoms with van der Waals surface area (Å²) in [7, 11) is 1.49. The van der Waals surface area contributed by atoms with Gasteiger partial charge in [-0.15, -0.1) is 0 Å². The summed E-state index contributed by atoms with van der Waals surface area (Å²) in [6.45, 7) is 6.06. The van der Waals surface area contributed by atoms with Gasteiger partial charge in [0.2, 0.25) is 5.89 Å². The number of rotatable bonds is 5. The van der Waals surface area contributed by atoms with Crippen LogP contribution in [-0.2, 0) is 13.1 Å². The molecule has 1 fully saturated rings. The molecule has 2 N–H and O–H groups in total. The average molecular weight is 372 g/mol. The summed E-state index contributed by atoms with van der Waals surface area (Å²) >= 11 is 0. The molecule has 1 saturated heterocycles. The first kappa shape index (κ1) is 18.8. The van der Waals surface area contributed by atoms with Gasteiger partial charge in [0.15, 0.2) is 0 Å². The van der Waals surface area contributed by atoms with Crippen molar-refractivity contribution in [1.82, 2.24) is 30.6 Å². The Morgan fingerprint density at radius 3 is 2.63 bits per heavy atom. The van der Waals surface area contributed by atoms with Crippen LogP contribution in [-0.4, -0.2) is 65.1 Å². The molecule has 27 heavy (non-hydrogen) atoms. The first-order valence-corrected chi connectivity index (χ1v) is 8.91. The Kier molecular flexibility index (Phi) is 6.02. The standard InChI is InChI=1S/C18H24N6O3/c1-13-5-3-4-6-14(13)12-23-7-9-24(10-8-23)18(26)20-11-15-21-16(22-27-15)17(25)19-2/h3-6H,7-12H2,1-2H3,(H,19,25)(H,20,26). The lowest BCUT2D eigenvalue weighted by atomic mass is 10.1. The summed E-state index contributed by atoms with van der Waals surface area (Å²) in [5.74, 6) is -0.284. The lowest BCUT2D eigenvalue weighted by molar-refractivity contribution is 0.0949. The van der Waals surface area contributed by atoms with Crippen LogP contribution < -0.4 is 10.6 Å². The Labute approximate surface area is 157 Å². The fraction of sp³-hybridized carbons (Fsp3) is 0.444. The van der Waals surface area contributed by atoms with Gasteiger partial charge in [0, 0.05) is 39.8 Å². The maximum absolute atomic E-state index is 12.3. The van der Waals surface area contributed by atoms with E-state index in [9.17, 15) is 9.59 Å². The fourth-order valence-electron chi connectivity index (χ4n) is 2.93. The monoisotopic (exact) mass is 372 g/mol. The highest BCUT2D eigenvalue weighted by Crippen LogP contribution is 2.12. The molecule has 0 saturated carbocycles. The molecule has 1 aliphatic heterocycles. The van der Waals surface area contributed by atoms with Crippen LogP contribution in [0.15, 0.2) is 28.8 Å². The number of urea groups is 1. The molecule has 1 aromatic heterocycles. The summed E-state index contributed by atoms with van der Waals surface area (Å²) in [4.78, 5) is 31.8. The highest BCUT2D eigenvalue weighted by Gasteiger charge is 2.22. The molecule has 0 bridgehead atoms. The van der Waals surface area contributed by atoms with E-state index in [4.69, 9.17) is 4.52 Å². The van der Waals surface area contributed by atoms with Crippen molar-refractivity contribution in [2.24, 2.45) is 0 Å². The number of aromatic nitrogens is 2. The van der Waals surface area contributed by atoms with Gasteiger partial charge >= 0.3 is 6.03 Å². The Bertz CT molecular complexity index is 798. The molecule has 0 spiro atoms. The van der Waals surface area contributed by atoms with E-state index < -0.39 is 5.91 Å². The minimum absolute atomic E-state index is 0.0495. The molecule has 0 radical (unpaired) electrons. The molecule has 3 rings (SSSR count). The van der Waals surface area contributed by atoms with E-state index in [2.05, 4.69) is 50.8 Å². The van der Waals surface area contributed by atoms with Crippen molar-refractivity contribution in [2.75, 3.05) is 33.2 Å². The lowest BCUT2D eigenvalue weighted by Gasteiger charge is -2.34. The number of amides is 3. The second kappa shape index (κ2) is 8.63. The maximum atomic E-state index is 12.3. The zero-order valence-corrected chi connectivity index (χ0v) is 15.6. The maximum Gasteiger partial charge on any atom is 0.317 e. The van der Waals surface area contributed by atoms with Crippen LogP contribution in [0.5, 0.6) is 0 Å². The van der Waals surface area contributed by atoms with Crippen molar-refractivity contribution in [3.8, 4) is 0 Å². The van der Waals surface area contributed by atoms with E-state index in [0.29, 0.717) is 13.1 Å². The summed E-state index contributed by atoms with van der Waals surface area (Å²) in [5.41, 5.74) is 2.60. The number of piperazine rings is 1. The summed E-state index contributed by atoms with van der Waals surface area (Å²) in [6.07, 6.45) is 0. The lowest BCUT2D eigenvalue weighted by Crippen LogP contribution is -2.51. The Balaban J connectivity index is 1.44. The Morgan fingerprint density at radius 1 is 1.19 bits per heavy atom. The molecule has 9 nitrogen and oxygen atoms in total. The van der Waals surface area contributed by atoms with Gasteiger partial charge in [0.1, 0.15) is 0 Å². The zero-order chi connectivity index (χ0) is 19.2. The Hall–Kier alpha value is -2.94. The minimum Gasteiger partial charge on any atom is -0.352 e. The van der Waals surface area contributed by atoms with Gasteiger partial charge in [0.25, 0.3) is 11.7 Å². The summed E-state index contributed by atoms with van der Waals surface area (Å²) in [6, 6.07) is 8.18. The van der Waals surface area contributed by atoms with Crippen molar-refractivity contribution >= 4 is 11.9 Å². The van der Waals surface area contributed by atoms with Crippen molar-refractivity contribution < 1.29 is 14.1 Å². The second-order valence-corrected chi connectivity index (χ2v) is 6.44. The van der Waals surface area contributed by atoms with E-state index >= 15 is 0 Å². The van der Waals surface area contributed by atoms with E-state index in [1.807, 2.05) is 6.07 Å². The predicted octanol–water partition coefficient (Wildman–Crippen LogP) is 0.765. The molecule has 0 unspecified atom stereocenters. The number of hydrogen-bond acceptors (Lipinski definition) is 6. The first-order valence-electron chi connectivity index (χ1n) is 8.91. The average Bonchev–Trinajstić information content (AvgIpc) is 3.17. The molecule has 1 aliphatic rings. The minimum atomic E-state index is -0.430. The van der Waals surface area contributed by atoms with Gasteiger partial charge in [-0.2, -0.15) is 4.98 Å². The molecule has 9 heteroatoms. The van der Waals surface area contributed by atoms with Crippen LogP contribution in [0.2, 0.25) is 0 Å². The number of carbonyl (C=O) groups excluding carboxylic acids is 2. The van der Waals surface area contributed by atoms with Crippen molar-refractivity contribution in [3.05, 3.63) is 47.1 Å².